The van der Waals surface area contributed by atoms with Crippen LogP contribution in [-0.4, -0.2) is 34.8 Å². The molecule has 1 amide bonds. The van der Waals surface area contributed by atoms with E-state index in [1.165, 1.54) is 24.2 Å². The van der Waals surface area contributed by atoms with Crippen LogP contribution in [-0.2, 0) is 11.0 Å². The number of amides is 1. The predicted octanol–water partition coefficient (Wildman–Crippen LogP) is 4.43. The molecule has 4 rings (SSSR count). The molecule has 1 aromatic heterocycles. The van der Waals surface area contributed by atoms with E-state index in [0.29, 0.717) is 10.8 Å². The van der Waals surface area contributed by atoms with Crippen molar-refractivity contribution in [3.8, 4) is 5.69 Å². The van der Waals surface area contributed by atoms with Crippen LogP contribution in [0.3, 0.4) is 0 Å². The van der Waals surface area contributed by atoms with Crippen LogP contribution in [0.2, 0.25) is 0 Å². The maximum atomic E-state index is 13.3. The lowest BCUT2D eigenvalue weighted by Crippen LogP contribution is -2.35. The second-order valence-electron chi connectivity index (χ2n) is 7.46. The van der Waals surface area contributed by atoms with E-state index in [2.05, 4.69) is 15.4 Å². The molecular weight excluding hydrogens is 439 g/mol. The Kier molecular flexibility index (Phi) is 6.69. The molecule has 10 heteroatoms. The molecule has 6 nitrogen and oxygen atoms in total. The van der Waals surface area contributed by atoms with Gasteiger partial charge in [0.15, 0.2) is 5.69 Å². The maximum Gasteiger partial charge on any atom is 0.416 e. The summed E-state index contributed by atoms with van der Waals surface area (Å²) in [7, 11) is 0. The molecule has 0 saturated carbocycles. The second kappa shape index (κ2) is 9.64. The molecule has 1 aliphatic heterocycles. The van der Waals surface area contributed by atoms with Crippen LogP contribution < -0.4 is 14.9 Å². The van der Waals surface area contributed by atoms with Gasteiger partial charge in [0.1, 0.15) is 0 Å². The zero-order valence-corrected chi connectivity index (χ0v) is 18.0. The van der Waals surface area contributed by atoms with Crippen LogP contribution in [0.15, 0.2) is 60.0 Å². The number of aromatic amines is 1. The Labute approximate surface area is 187 Å². The normalized spacial score (nSPS) is 14.4. The monoisotopic (exact) mass is 462 g/mol. The minimum absolute atomic E-state index is 0.00731. The van der Waals surface area contributed by atoms with Gasteiger partial charge in [-0.15, -0.1) is 4.68 Å². The number of para-hydroxylation sites is 1. The molecule has 2 aromatic carbocycles. The Hall–Kier alpha value is -3.01. The fourth-order valence-corrected chi connectivity index (χ4v) is 4.40. The van der Waals surface area contributed by atoms with Gasteiger partial charge in [-0.25, -0.2) is 0 Å². The van der Waals surface area contributed by atoms with E-state index in [1.807, 2.05) is 35.2 Å². The van der Waals surface area contributed by atoms with Crippen LogP contribution in [0.4, 0.5) is 24.5 Å². The van der Waals surface area contributed by atoms with Gasteiger partial charge in [-0.2, -0.15) is 18.3 Å². The summed E-state index contributed by atoms with van der Waals surface area (Å²) in [5, 5.41) is 6.26. The Morgan fingerprint density at radius 1 is 1.12 bits per heavy atom. The molecular formula is C22H23F3N5OS+. The van der Waals surface area contributed by atoms with Crippen molar-refractivity contribution in [1.82, 2.24) is 10.1 Å². The summed E-state index contributed by atoms with van der Waals surface area (Å²) in [5.74, 6) is -0.386. The average molecular weight is 463 g/mol. The van der Waals surface area contributed by atoms with E-state index in [-0.39, 0.29) is 11.4 Å². The van der Waals surface area contributed by atoms with Gasteiger partial charge in [0.2, 0.25) is 12.2 Å². The Morgan fingerprint density at radius 2 is 1.88 bits per heavy atom. The summed E-state index contributed by atoms with van der Waals surface area (Å²) in [5.41, 5.74) is 0.883. The standard InChI is InChI=1S/C22H22F3N5OS/c23-22(24,25)16-9-10-19(29-11-5-2-6-12-29)18(13-16)28-20(31)14-32-21-26-15-27-30(21)17-7-3-1-4-8-17/h1,3-4,7-10,13,15H,2,5-6,11-12,14H2,(H,28,31)/p+1. The molecule has 3 aromatic rings. The number of hydrogen-bond donors (Lipinski definition) is 2. The van der Waals surface area contributed by atoms with Crippen molar-refractivity contribution in [3.63, 3.8) is 0 Å². The molecule has 0 spiro atoms. The SMILES string of the molecule is O=C(CSc1nc[nH][n+]1-c1ccccc1)Nc1cc(C(F)(F)F)ccc1N1CCCCC1. The fourth-order valence-electron chi connectivity index (χ4n) is 3.66. The average Bonchev–Trinajstić information content (AvgIpc) is 3.27. The van der Waals surface area contributed by atoms with Gasteiger partial charge in [-0.3, -0.25) is 4.79 Å². The molecule has 0 unspecified atom stereocenters. The lowest BCUT2D eigenvalue weighted by molar-refractivity contribution is -0.694. The first-order valence-corrected chi connectivity index (χ1v) is 11.3. The molecule has 1 saturated heterocycles. The first-order valence-electron chi connectivity index (χ1n) is 10.3. The highest BCUT2D eigenvalue weighted by Gasteiger charge is 2.32. The van der Waals surface area contributed by atoms with Gasteiger partial charge in [0.05, 0.1) is 22.7 Å². The summed E-state index contributed by atoms with van der Waals surface area (Å²) in [6, 6.07) is 13.0. The fraction of sp³-hybridized carbons (Fsp3) is 0.318. The number of carbonyl (C=O) groups is 1. The highest BCUT2D eigenvalue weighted by Crippen LogP contribution is 2.36. The number of rotatable bonds is 6. The zero-order chi connectivity index (χ0) is 22.6. The molecule has 32 heavy (non-hydrogen) atoms. The zero-order valence-electron chi connectivity index (χ0n) is 17.2. The van der Waals surface area contributed by atoms with Crippen LogP contribution in [0.5, 0.6) is 0 Å². The van der Waals surface area contributed by atoms with Gasteiger partial charge < -0.3 is 10.2 Å². The molecule has 2 N–H and O–H groups in total. The van der Waals surface area contributed by atoms with Crippen LogP contribution in [0, 0.1) is 0 Å². The Morgan fingerprint density at radius 3 is 2.59 bits per heavy atom. The summed E-state index contributed by atoms with van der Waals surface area (Å²) < 4.78 is 41.6. The van der Waals surface area contributed by atoms with E-state index >= 15 is 0 Å². The summed E-state index contributed by atoms with van der Waals surface area (Å²) in [6.07, 6.45) is 0.0891. The van der Waals surface area contributed by atoms with Crippen LogP contribution >= 0.6 is 11.8 Å². The lowest BCUT2D eigenvalue weighted by Gasteiger charge is -2.31. The maximum absolute atomic E-state index is 13.3. The van der Waals surface area contributed by atoms with Gasteiger partial charge in [0, 0.05) is 13.1 Å². The van der Waals surface area contributed by atoms with Gasteiger partial charge in [0.25, 0.3) is 0 Å². The highest BCUT2D eigenvalue weighted by atomic mass is 32.2. The molecule has 0 bridgehead atoms. The molecule has 168 valence electrons. The number of nitrogens with one attached hydrogen (secondary N) is 2. The third-order valence-corrected chi connectivity index (χ3v) is 6.15. The van der Waals surface area contributed by atoms with E-state index in [1.54, 1.807) is 4.68 Å². The third kappa shape index (κ3) is 5.24. The van der Waals surface area contributed by atoms with Crippen molar-refractivity contribution in [3.05, 3.63) is 60.4 Å². The number of piperidine rings is 1. The van der Waals surface area contributed by atoms with Gasteiger partial charge in [-0.1, -0.05) is 18.2 Å². The van der Waals surface area contributed by atoms with E-state index < -0.39 is 17.6 Å². The van der Waals surface area contributed by atoms with Crippen molar-refractivity contribution in [2.75, 3.05) is 29.1 Å². The lowest BCUT2D eigenvalue weighted by atomic mass is 10.1. The quantitative estimate of drug-likeness (QED) is 0.420. The number of halogens is 3. The summed E-state index contributed by atoms with van der Waals surface area (Å²) >= 11 is 1.20. The van der Waals surface area contributed by atoms with Crippen LogP contribution in [0.1, 0.15) is 24.8 Å². The Balaban J connectivity index is 1.49. The van der Waals surface area contributed by atoms with Crippen molar-refractivity contribution in [2.45, 2.75) is 30.6 Å². The summed E-state index contributed by atoms with van der Waals surface area (Å²) in [4.78, 5) is 18.9. The number of hydrogen-bond acceptors (Lipinski definition) is 4. The number of thioether (sulfide) groups is 1. The number of benzene rings is 2. The smallest absolute Gasteiger partial charge is 0.370 e. The first-order chi connectivity index (χ1) is 15.4. The van der Waals surface area contributed by atoms with E-state index in [4.69, 9.17) is 0 Å². The van der Waals surface area contributed by atoms with Gasteiger partial charge in [-0.05, 0) is 66.3 Å². The topological polar surface area (TPSA) is 64.9 Å². The van der Waals surface area contributed by atoms with Crippen molar-refractivity contribution in [2.24, 2.45) is 0 Å². The van der Waals surface area contributed by atoms with Crippen molar-refractivity contribution < 1.29 is 22.6 Å². The highest BCUT2D eigenvalue weighted by molar-refractivity contribution is 7.99. The number of nitrogens with zero attached hydrogens (tertiary/aromatic N) is 3. The number of H-pyrrole nitrogens is 1. The molecule has 2 heterocycles. The van der Waals surface area contributed by atoms with Crippen molar-refractivity contribution >= 4 is 29.0 Å². The predicted molar refractivity (Wildman–Crippen MR) is 117 cm³/mol. The molecule has 0 atom stereocenters. The molecule has 1 fully saturated rings. The number of carbonyl (C=O) groups excluding carboxylic acids is 1. The molecule has 0 radical (unpaired) electrons. The van der Waals surface area contributed by atoms with E-state index in [0.717, 1.165) is 50.2 Å². The van der Waals surface area contributed by atoms with Crippen molar-refractivity contribution in [1.29, 1.82) is 0 Å². The van der Waals surface area contributed by atoms with E-state index in [9.17, 15) is 18.0 Å². The number of aromatic nitrogens is 3. The van der Waals surface area contributed by atoms with Crippen LogP contribution in [0.25, 0.3) is 5.69 Å². The third-order valence-electron chi connectivity index (χ3n) is 5.19. The number of alkyl halides is 3. The number of anilines is 2. The first kappa shape index (κ1) is 22.2. The second-order valence-corrected chi connectivity index (χ2v) is 8.40. The minimum Gasteiger partial charge on any atom is -0.370 e. The summed E-state index contributed by atoms with van der Waals surface area (Å²) in [6.45, 7) is 1.51. The Bertz CT molecular complexity index is 1060. The largest absolute Gasteiger partial charge is 0.416 e. The molecule has 0 aliphatic carbocycles. The molecule has 1 aliphatic rings. The van der Waals surface area contributed by atoms with Gasteiger partial charge >= 0.3 is 11.3 Å². The minimum atomic E-state index is -4.48.